The number of nitrogens with zero attached hydrogens (tertiary/aromatic N) is 6. The van der Waals surface area contributed by atoms with E-state index in [-0.39, 0.29) is 30.0 Å². The maximum Gasteiger partial charge on any atom is 0.414 e. The molecule has 1 unspecified atom stereocenters. The highest BCUT2D eigenvalue weighted by Gasteiger charge is 2.29. The number of nitrogens with one attached hydrogen (secondary N) is 4. The van der Waals surface area contributed by atoms with Crippen LogP contribution in [0.15, 0.2) is 71.3 Å². The van der Waals surface area contributed by atoms with Crippen LogP contribution >= 0.6 is 15.9 Å². The van der Waals surface area contributed by atoms with Crippen molar-refractivity contribution in [2.75, 3.05) is 87.9 Å². The lowest BCUT2D eigenvalue weighted by molar-refractivity contribution is -0.134. The smallest absolute Gasteiger partial charge is 0.414 e. The van der Waals surface area contributed by atoms with Gasteiger partial charge in [0.15, 0.2) is 5.75 Å². The van der Waals surface area contributed by atoms with E-state index < -0.39 is 18.0 Å². The maximum absolute atomic E-state index is 15.2. The van der Waals surface area contributed by atoms with E-state index in [0.717, 1.165) is 18.5 Å². The first kappa shape index (κ1) is 42.1. The van der Waals surface area contributed by atoms with Gasteiger partial charge in [-0.15, -0.1) is 0 Å². The van der Waals surface area contributed by atoms with Crippen molar-refractivity contribution in [3.05, 3.63) is 82.7 Å². The molecule has 0 saturated carbocycles. The van der Waals surface area contributed by atoms with Crippen LogP contribution in [0.3, 0.4) is 0 Å². The molecule has 3 fully saturated rings. The number of amides is 4. The number of rotatable bonds is 12. The Bertz CT molecular complexity index is 2230. The molecular formula is C42H48BrFN10O6. The highest BCUT2D eigenvalue weighted by molar-refractivity contribution is 9.10. The number of piperidine rings is 2. The molecule has 4 amide bonds. The number of halogens is 2. The Kier molecular flexibility index (Phi) is 13.3. The third kappa shape index (κ3) is 10.2. The standard InChI is InChI=1S/C42H48BrFN10O6/c1-51(2)42(58)60-35-7-5-4-6-32(35)47-39-30(43)24-45-41(50-39)48-33-11-9-28(23-36(33)59-3)53-18-20-54(21-19-53)38(56)25-52-16-14-26(15-17-52)29-10-8-27(22-31(29)44)46-34-12-13-37(55)49-40(34)57/h4-11,22-24,26,34,46H,12-21,25H2,1-3H3,(H,49,55,57)(H2,45,47,48,50). The molecule has 3 aliphatic rings. The normalized spacial score (nSPS) is 17.4. The molecule has 0 radical (unpaired) electrons. The van der Waals surface area contributed by atoms with E-state index in [1.165, 1.54) is 11.0 Å². The molecule has 60 heavy (non-hydrogen) atoms. The summed E-state index contributed by atoms with van der Waals surface area (Å²) in [7, 11) is 4.82. The first-order chi connectivity index (χ1) is 28.9. The van der Waals surface area contributed by atoms with Crippen LogP contribution in [0.4, 0.5) is 43.7 Å². The van der Waals surface area contributed by atoms with E-state index in [2.05, 4.69) is 57.0 Å². The minimum Gasteiger partial charge on any atom is -0.494 e. The molecule has 7 rings (SSSR count). The molecule has 0 spiro atoms. The van der Waals surface area contributed by atoms with E-state index >= 15 is 4.39 Å². The van der Waals surface area contributed by atoms with Gasteiger partial charge in [0.2, 0.25) is 23.7 Å². The molecule has 3 aliphatic heterocycles. The van der Waals surface area contributed by atoms with Crippen LogP contribution in [-0.2, 0) is 14.4 Å². The number of hydrogen-bond donors (Lipinski definition) is 4. The predicted octanol–water partition coefficient (Wildman–Crippen LogP) is 5.68. The summed E-state index contributed by atoms with van der Waals surface area (Å²) in [5.41, 5.74) is 3.31. The molecule has 3 saturated heterocycles. The number of carbonyl (C=O) groups is 4. The van der Waals surface area contributed by atoms with Gasteiger partial charge in [0.1, 0.15) is 23.4 Å². The Morgan fingerprint density at radius 3 is 2.40 bits per heavy atom. The highest BCUT2D eigenvalue weighted by atomic mass is 79.9. The fourth-order valence-corrected chi connectivity index (χ4v) is 7.77. The number of ether oxygens (including phenoxy) is 2. The van der Waals surface area contributed by atoms with Gasteiger partial charge in [-0.25, -0.2) is 14.2 Å². The Balaban J connectivity index is 0.886. The van der Waals surface area contributed by atoms with Gasteiger partial charge in [0, 0.05) is 70.3 Å². The molecule has 1 atom stereocenters. The Morgan fingerprint density at radius 1 is 0.933 bits per heavy atom. The van der Waals surface area contributed by atoms with Gasteiger partial charge >= 0.3 is 6.09 Å². The molecule has 4 heterocycles. The summed E-state index contributed by atoms with van der Waals surface area (Å²) in [6.07, 6.45) is 3.20. The van der Waals surface area contributed by atoms with E-state index in [1.807, 2.05) is 29.2 Å². The number of anilines is 6. The second-order valence-corrected chi connectivity index (χ2v) is 15.9. The number of para-hydroxylation sites is 2. The summed E-state index contributed by atoms with van der Waals surface area (Å²) in [5, 5.41) is 11.8. The monoisotopic (exact) mass is 886 g/mol. The van der Waals surface area contributed by atoms with Crippen molar-refractivity contribution in [1.82, 2.24) is 30.0 Å². The number of piperazine rings is 1. The topological polar surface area (TPSA) is 174 Å². The number of imide groups is 1. The summed E-state index contributed by atoms with van der Waals surface area (Å²) < 4.78 is 27.1. The fraction of sp³-hybridized carbons (Fsp3) is 0.381. The van der Waals surface area contributed by atoms with Crippen molar-refractivity contribution >= 4 is 74.3 Å². The van der Waals surface area contributed by atoms with Gasteiger partial charge in [-0.3, -0.25) is 24.6 Å². The van der Waals surface area contributed by atoms with E-state index in [1.54, 1.807) is 57.7 Å². The van der Waals surface area contributed by atoms with Crippen molar-refractivity contribution in [3.63, 3.8) is 0 Å². The largest absolute Gasteiger partial charge is 0.494 e. The minimum atomic E-state index is -0.574. The zero-order valence-corrected chi connectivity index (χ0v) is 35.3. The predicted molar refractivity (Wildman–Crippen MR) is 229 cm³/mol. The van der Waals surface area contributed by atoms with Crippen LogP contribution in [0, 0.1) is 5.82 Å². The summed E-state index contributed by atoms with van der Waals surface area (Å²) in [6, 6.07) is 17.3. The van der Waals surface area contributed by atoms with Crippen LogP contribution < -0.4 is 35.6 Å². The van der Waals surface area contributed by atoms with Gasteiger partial charge in [0.05, 0.1) is 29.5 Å². The fourth-order valence-electron chi connectivity index (χ4n) is 7.48. The molecule has 4 N–H and O–H groups in total. The van der Waals surface area contributed by atoms with Gasteiger partial charge < -0.3 is 40.1 Å². The molecule has 16 nitrogen and oxygen atoms in total. The first-order valence-electron chi connectivity index (χ1n) is 19.8. The Morgan fingerprint density at radius 2 is 1.68 bits per heavy atom. The van der Waals surface area contributed by atoms with E-state index in [4.69, 9.17) is 9.47 Å². The molecule has 0 aliphatic carbocycles. The molecule has 4 aromatic rings. The second kappa shape index (κ2) is 18.9. The summed E-state index contributed by atoms with van der Waals surface area (Å²) in [6.45, 7) is 4.20. The van der Waals surface area contributed by atoms with Crippen molar-refractivity contribution in [3.8, 4) is 11.5 Å². The number of benzene rings is 3. The Labute approximate surface area is 355 Å². The van der Waals surface area contributed by atoms with Crippen LogP contribution in [0.2, 0.25) is 0 Å². The van der Waals surface area contributed by atoms with Crippen molar-refractivity contribution in [1.29, 1.82) is 0 Å². The number of aromatic nitrogens is 2. The minimum absolute atomic E-state index is 0.0377. The molecule has 316 valence electrons. The van der Waals surface area contributed by atoms with Crippen LogP contribution in [0.1, 0.15) is 37.2 Å². The third-order valence-electron chi connectivity index (χ3n) is 10.8. The number of hydrogen-bond acceptors (Lipinski definition) is 13. The van der Waals surface area contributed by atoms with Crippen molar-refractivity contribution < 1.29 is 33.0 Å². The quantitative estimate of drug-likeness (QED) is 0.128. The first-order valence-corrected chi connectivity index (χ1v) is 20.6. The zero-order chi connectivity index (χ0) is 42.3. The second-order valence-electron chi connectivity index (χ2n) is 15.1. The number of likely N-dealkylation sites (tertiary alicyclic amines) is 1. The lowest BCUT2D eigenvalue weighted by Gasteiger charge is -2.38. The lowest BCUT2D eigenvalue weighted by Crippen LogP contribution is -2.51. The van der Waals surface area contributed by atoms with Crippen LogP contribution in [-0.4, -0.2) is 122 Å². The number of carbonyl (C=O) groups excluding carboxylic acids is 4. The molecule has 0 bridgehead atoms. The molecule has 18 heteroatoms. The van der Waals surface area contributed by atoms with Crippen molar-refractivity contribution in [2.45, 2.75) is 37.6 Å². The number of methoxy groups -OCH3 is 1. The average molecular weight is 888 g/mol. The highest BCUT2D eigenvalue weighted by Crippen LogP contribution is 2.35. The summed E-state index contributed by atoms with van der Waals surface area (Å²) >= 11 is 3.50. The van der Waals surface area contributed by atoms with Gasteiger partial charge in [-0.1, -0.05) is 18.2 Å². The SMILES string of the molecule is COc1cc(N2CCN(C(=O)CN3CCC(c4ccc(NC5CCC(=O)NC5=O)cc4F)CC3)CC2)ccc1Nc1ncc(Br)c(Nc2ccccc2OC(=O)N(C)C)n1. The average Bonchev–Trinajstić information content (AvgIpc) is 3.24. The molecule has 1 aromatic heterocycles. The Hall–Kier alpha value is -6.01. The van der Waals surface area contributed by atoms with E-state index in [9.17, 15) is 19.2 Å². The third-order valence-corrected chi connectivity index (χ3v) is 11.4. The summed E-state index contributed by atoms with van der Waals surface area (Å²) in [5.74, 6) is 0.811. The molecule has 3 aromatic carbocycles. The van der Waals surface area contributed by atoms with E-state index in [0.29, 0.717) is 103 Å². The van der Waals surface area contributed by atoms with Gasteiger partial charge in [-0.2, -0.15) is 4.98 Å². The zero-order valence-electron chi connectivity index (χ0n) is 33.7. The maximum atomic E-state index is 15.2. The van der Waals surface area contributed by atoms with Crippen LogP contribution in [0.5, 0.6) is 11.5 Å². The van der Waals surface area contributed by atoms with Crippen molar-refractivity contribution in [2.24, 2.45) is 0 Å². The van der Waals surface area contributed by atoms with Gasteiger partial charge in [-0.05, 0) is 96.2 Å². The lowest BCUT2D eigenvalue weighted by atomic mass is 9.89. The van der Waals surface area contributed by atoms with Gasteiger partial charge in [0.25, 0.3) is 0 Å². The molecular weight excluding hydrogens is 839 g/mol. The van der Waals surface area contributed by atoms with Crippen LogP contribution in [0.25, 0.3) is 0 Å². The summed E-state index contributed by atoms with van der Waals surface area (Å²) in [4.78, 5) is 65.8.